The fourth-order valence-corrected chi connectivity index (χ4v) is 0.737. The Kier molecular flexibility index (Phi) is 2.21. The molecule has 0 bridgehead atoms. The third-order valence-corrected chi connectivity index (χ3v) is 1.25. The highest BCUT2D eigenvalue weighted by atomic mass is 19.1. The Balaban J connectivity index is 3.30. The first-order valence-corrected chi connectivity index (χ1v) is 2.95. The molecule has 12 heavy (non-hydrogen) atoms. The van der Waals surface area contributed by atoms with Gasteiger partial charge in [-0.05, 0) is 12.1 Å². The molecule has 1 rings (SSSR count). The highest BCUT2D eigenvalue weighted by Crippen LogP contribution is 2.21. The van der Waals surface area contributed by atoms with Crippen molar-refractivity contribution in [3.63, 3.8) is 0 Å². The number of nitrogens with two attached hydrogens (primary N) is 1. The lowest BCUT2D eigenvalue weighted by Gasteiger charge is -2.01. The highest BCUT2D eigenvalue weighted by Gasteiger charge is 2.11. The third kappa shape index (κ3) is 1.33. The van der Waals surface area contributed by atoms with E-state index in [4.69, 9.17) is 5.26 Å². The van der Waals surface area contributed by atoms with Crippen molar-refractivity contribution < 1.29 is 13.6 Å². The van der Waals surface area contributed by atoms with Gasteiger partial charge in [0.25, 0.3) is 0 Å². The van der Waals surface area contributed by atoms with Gasteiger partial charge in [-0.25, -0.2) is 8.78 Å². The van der Waals surface area contributed by atoms with Crippen LogP contribution in [0.2, 0.25) is 0 Å². The molecule has 0 aliphatic carbocycles. The minimum atomic E-state index is -0.992. The van der Waals surface area contributed by atoms with Crippen LogP contribution in [0.25, 0.3) is 0 Å². The molecule has 0 aliphatic heterocycles. The molecule has 1 aromatic carbocycles. The van der Waals surface area contributed by atoms with E-state index in [9.17, 15) is 8.78 Å². The summed E-state index contributed by atoms with van der Waals surface area (Å²) in [4.78, 5) is 3.92. The van der Waals surface area contributed by atoms with Gasteiger partial charge in [-0.2, -0.15) is 11.2 Å². The second kappa shape index (κ2) is 3.15. The molecule has 0 aliphatic rings. The molecule has 62 valence electrons. The van der Waals surface area contributed by atoms with E-state index in [1.165, 1.54) is 0 Å². The molecule has 5 heteroatoms. The molecule has 2 N–H and O–H groups in total. The average Bonchev–Trinajstić information content (AvgIpc) is 2.03. The van der Waals surface area contributed by atoms with Crippen molar-refractivity contribution in [1.29, 1.82) is 5.26 Å². The Bertz CT molecular complexity index is 323. The quantitative estimate of drug-likeness (QED) is 0.641. The Morgan fingerprint density at radius 3 is 2.17 bits per heavy atom. The van der Waals surface area contributed by atoms with E-state index in [1.54, 1.807) is 6.07 Å². The lowest BCUT2D eigenvalue weighted by atomic mass is 10.2. The zero-order chi connectivity index (χ0) is 9.14. The summed E-state index contributed by atoms with van der Waals surface area (Å²) in [5, 5.41) is 8.29. The van der Waals surface area contributed by atoms with Crippen molar-refractivity contribution in [1.82, 2.24) is 0 Å². The van der Waals surface area contributed by atoms with Gasteiger partial charge in [0.2, 0.25) is 5.75 Å². The van der Waals surface area contributed by atoms with E-state index in [1.807, 2.05) is 0 Å². The Morgan fingerprint density at radius 1 is 1.33 bits per heavy atom. The van der Waals surface area contributed by atoms with Crippen molar-refractivity contribution in [3.8, 4) is 11.8 Å². The summed E-state index contributed by atoms with van der Waals surface area (Å²) in [5.74, 6) is 1.91. The van der Waals surface area contributed by atoms with Crippen molar-refractivity contribution in [2.75, 3.05) is 0 Å². The highest BCUT2D eigenvalue weighted by molar-refractivity contribution is 5.37. The van der Waals surface area contributed by atoms with Crippen molar-refractivity contribution in [2.45, 2.75) is 0 Å². The van der Waals surface area contributed by atoms with Crippen LogP contribution in [0.4, 0.5) is 8.78 Å². The molecule has 0 unspecified atom stereocenters. The first-order chi connectivity index (χ1) is 5.69. The van der Waals surface area contributed by atoms with Crippen LogP contribution in [0.3, 0.4) is 0 Å². The summed E-state index contributed by atoms with van der Waals surface area (Å²) in [5.41, 5.74) is -0.120. The summed E-state index contributed by atoms with van der Waals surface area (Å²) in [6, 6.07) is 3.26. The summed E-state index contributed by atoms with van der Waals surface area (Å²) in [6.07, 6.45) is 0. The van der Waals surface area contributed by atoms with Gasteiger partial charge < -0.3 is 4.84 Å². The molecule has 0 radical (unpaired) electrons. The lowest BCUT2D eigenvalue weighted by molar-refractivity contribution is 0.297. The number of nitrogens with zero attached hydrogens (tertiary/aromatic N) is 1. The van der Waals surface area contributed by atoms with Crippen LogP contribution in [0.15, 0.2) is 12.1 Å². The summed E-state index contributed by atoms with van der Waals surface area (Å²) < 4.78 is 25.4. The number of hydrogen-bond donors (Lipinski definition) is 1. The van der Waals surface area contributed by atoms with Crippen LogP contribution >= 0.6 is 0 Å². The fourth-order valence-electron chi connectivity index (χ4n) is 0.737. The monoisotopic (exact) mass is 170 g/mol. The van der Waals surface area contributed by atoms with E-state index in [0.717, 1.165) is 12.1 Å². The predicted octanol–water partition coefficient (Wildman–Crippen LogP) is 1.09. The maximum Gasteiger partial charge on any atom is 0.218 e. The standard InChI is InChI=1S/C7H4F2N2O/c8-5-1-4(3-10)2-6(9)7(5)12-11/h1-2H,11H2. The third-order valence-electron chi connectivity index (χ3n) is 1.25. The molecule has 0 atom stereocenters. The molecule has 0 saturated heterocycles. The Hall–Kier alpha value is -1.67. The number of benzene rings is 1. The average molecular weight is 170 g/mol. The van der Waals surface area contributed by atoms with Gasteiger partial charge in [-0.15, -0.1) is 0 Å². The van der Waals surface area contributed by atoms with Crippen molar-refractivity contribution >= 4 is 0 Å². The van der Waals surface area contributed by atoms with Crippen LogP contribution in [0.5, 0.6) is 5.75 Å². The topological polar surface area (TPSA) is 59.0 Å². The molecular formula is C7H4F2N2O. The summed E-state index contributed by atoms with van der Waals surface area (Å²) >= 11 is 0. The van der Waals surface area contributed by atoms with E-state index >= 15 is 0 Å². The molecule has 0 spiro atoms. The van der Waals surface area contributed by atoms with Gasteiger partial charge in [0.1, 0.15) is 0 Å². The minimum absolute atomic E-state index is 0.120. The summed E-state index contributed by atoms with van der Waals surface area (Å²) in [6.45, 7) is 0. The summed E-state index contributed by atoms with van der Waals surface area (Å²) in [7, 11) is 0. The van der Waals surface area contributed by atoms with Gasteiger partial charge in [0, 0.05) is 0 Å². The molecule has 0 fully saturated rings. The molecule has 1 aromatic rings. The second-order valence-corrected chi connectivity index (χ2v) is 2.00. The Labute approximate surface area is 66.9 Å². The van der Waals surface area contributed by atoms with Crippen LogP contribution < -0.4 is 10.7 Å². The minimum Gasteiger partial charge on any atom is -0.405 e. The molecule has 0 saturated carbocycles. The van der Waals surface area contributed by atoms with E-state index in [-0.39, 0.29) is 5.56 Å². The van der Waals surface area contributed by atoms with Gasteiger partial charge in [-0.3, -0.25) is 0 Å². The molecular weight excluding hydrogens is 166 g/mol. The smallest absolute Gasteiger partial charge is 0.218 e. The maximum atomic E-state index is 12.7. The predicted molar refractivity (Wildman–Crippen MR) is 35.9 cm³/mol. The van der Waals surface area contributed by atoms with Gasteiger partial charge >= 0.3 is 0 Å². The van der Waals surface area contributed by atoms with Crippen molar-refractivity contribution in [3.05, 3.63) is 29.3 Å². The number of hydrogen-bond acceptors (Lipinski definition) is 3. The van der Waals surface area contributed by atoms with Gasteiger partial charge in [0.05, 0.1) is 11.6 Å². The van der Waals surface area contributed by atoms with Crippen LogP contribution in [-0.2, 0) is 0 Å². The first kappa shape index (κ1) is 8.43. The van der Waals surface area contributed by atoms with Crippen LogP contribution in [-0.4, -0.2) is 0 Å². The lowest BCUT2D eigenvalue weighted by Crippen LogP contribution is -2.06. The van der Waals surface area contributed by atoms with Crippen LogP contribution in [0, 0.1) is 23.0 Å². The normalized spacial score (nSPS) is 9.17. The number of rotatable bonds is 1. The van der Waals surface area contributed by atoms with E-state index < -0.39 is 17.4 Å². The van der Waals surface area contributed by atoms with Gasteiger partial charge in [0.15, 0.2) is 11.6 Å². The second-order valence-electron chi connectivity index (χ2n) is 2.00. The Morgan fingerprint density at radius 2 is 1.83 bits per heavy atom. The largest absolute Gasteiger partial charge is 0.405 e. The molecule has 0 amide bonds. The molecule has 3 nitrogen and oxygen atoms in total. The zero-order valence-electron chi connectivity index (χ0n) is 5.84. The van der Waals surface area contributed by atoms with Crippen LogP contribution in [0.1, 0.15) is 5.56 Å². The maximum absolute atomic E-state index is 12.7. The molecule has 0 aromatic heterocycles. The SMILES string of the molecule is N#Cc1cc(F)c(ON)c(F)c1. The first-order valence-electron chi connectivity index (χ1n) is 2.95. The van der Waals surface area contributed by atoms with E-state index in [0.29, 0.717) is 0 Å². The van der Waals surface area contributed by atoms with Crippen molar-refractivity contribution in [2.24, 2.45) is 5.90 Å². The zero-order valence-corrected chi connectivity index (χ0v) is 5.84. The molecule has 0 heterocycles. The van der Waals surface area contributed by atoms with Gasteiger partial charge in [-0.1, -0.05) is 0 Å². The fraction of sp³-hybridized carbons (Fsp3) is 0. The number of halogens is 2. The number of nitriles is 1. The van der Waals surface area contributed by atoms with E-state index in [2.05, 4.69) is 10.7 Å².